The summed E-state index contributed by atoms with van der Waals surface area (Å²) in [5.74, 6) is 0. The second-order valence-electron chi connectivity index (χ2n) is 15.7. The van der Waals surface area contributed by atoms with Crippen LogP contribution in [0.4, 0.5) is 0 Å². The third-order valence-electron chi connectivity index (χ3n) is 8.25. The number of rotatable bonds is 18. The summed E-state index contributed by atoms with van der Waals surface area (Å²) in [4.78, 5) is 0. The molecule has 2 rings (SSSR count). The van der Waals surface area contributed by atoms with Gasteiger partial charge in [-0.15, -0.1) is 0 Å². The Morgan fingerprint density at radius 2 is 1.31 bits per heavy atom. The van der Waals surface area contributed by atoms with E-state index < -0.39 is 5.41 Å². The Hall–Kier alpha value is -0.580. The van der Waals surface area contributed by atoms with E-state index in [2.05, 4.69) is 41.5 Å². The number of nitrogens with two attached hydrogens (primary N) is 4. The lowest BCUT2D eigenvalue weighted by molar-refractivity contribution is -0.134. The van der Waals surface area contributed by atoms with Crippen molar-refractivity contribution in [1.29, 1.82) is 0 Å². The summed E-state index contributed by atoms with van der Waals surface area (Å²) < 4.78 is 25.5. The Labute approximate surface area is 239 Å². The van der Waals surface area contributed by atoms with Gasteiger partial charge in [0.2, 0.25) is 0 Å². The lowest BCUT2D eigenvalue weighted by Crippen LogP contribution is -2.56. The number of hydrogen-bond acceptors (Lipinski definition) is 8. The van der Waals surface area contributed by atoms with Gasteiger partial charge >= 0.3 is 0 Å². The molecule has 0 amide bonds. The largest absolute Gasteiger partial charge is 0.380 e. The maximum atomic E-state index is 6.49. The maximum Gasteiger partial charge on any atom is 0.0674 e. The Balaban J connectivity index is 2.14. The summed E-state index contributed by atoms with van der Waals surface area (Å²) in [6.07, 6.45) is 6.99. The van der Waals surface area contributed by atoms with Crippen LogP contribution in [0.1, 0.15) is 87.5 Å². The molecule has 2 aliphatic rings. The molecule has 0 aromatic heterocycles. The molecule has 0 radical (unpaired) electrons. The van der Waals surface area contributed by atoms with Gasteiger partial charge in [0.05, 0.1) is 58.3 Å². The van der Waals surface area contributed by atoms with Gasteiger partial charge in [0.15, 0.2) is 0 Å². The van der Waals surface area contributed by atoms with Crippen LogP contribution in [0, 0.1) is 21.7 Å². The van der Waals surface area contributed by atoms with Crippen LogP contribution < -0.4 is 22.9 Å². The van der Waals surface area contributed by atoms with E-state index in [4.69, 9.17) is 41.9 Å². The Bertz CT molecular complexity index is 789. The van der Waals surface area contributed by atoms with E-state index >= 15 is 0 Å². The summed E-state index contributed by atoms with van der Waals surface area (Å²) in [5, 5.41) is 0. The molecule has 0 aliphatic heterocycles. The summed E-state index contributed by atoms with van der Waals surface area (Å²) in [5.41, 5.74) is 25.2. The Morgan fingerprint density at radius 1 is 0.795 bits per heavy atom. The molecule has 39 heavy (non-hydrogen) atoms. The van der Waals surface area contributed by atoms with Crippen LogP contribution >= 0.6 is 0 Å². The fourth-order valence-electron chi connectivity index (χ4n) is 6.67. The molecule has 4 atom stereocenters. The zero-order valence-electron chi connectivity index (χ0n) is 26.5. The van der Waals surface area contributed by atoms with Crippen molar-refractivity contribution in [2.24, 2.45) is 44.6 Å². The summed E-state index contributed by atoms with van der Waals surface area (Å²) in [7, 11) is 0. The molecule has 0 heterocycles. The van der Waals surface area contributed by atoms with Crippen LogP contribution in [-0.4, -0.2) is 76.5 Å². The van der Waals surface area contributed by atoms with Crippen molar-refractivity contribution in [3.05, 3.63) is 11.6 Å². The van der Waals surface area contributed by atoms with E-state index in [1.165, 1.54) is 0 Å². The highest BCUT2D eigenvalue weighted by atomic mass is 16.5. The van der Waals surface area contributed by atoms with Gasteiger partial charge in [0, 0.05) is 22.5 Å². The lowest BCUT2D eigenvalue weighted by Gasteiger charge is -2.51. The highest BCUT2D eigenvalue weighted by molar-refractivity contribution is 5.03. The van der Waals surface area contributed by atoms with Crippen LogP contribution in [-0.2, 0) is 18.9 Å². The van der Waals surface area contributed by atoms with E-state index in [1.807, 2.05) is 19.9 Å². The first kappa shape index (κ1) is 34.6. The normalized spacial score (nSPS) is 34.1. The van der Waals surface area contributed by atoms with Crippen molar-refractivity contribution in [2.45, 2.75) is 105 Å². The predicted molar refractivity (Wildman–Crippen MR) is 160 cm³/mol. The summed E-state index contributed by atoms with van der Waals surface area (Å²) in [6, 6.07) is -0.0105. The minimum absolute atomic E-state index is 0.0105. The molecule has 8 N–H and O–H groups in total. The average molecular weight is 555 g/mol. The monoisotopic (exact) mass is 554 g/mol. The first-order chi connectivity index (χ1) is 17.8. The molecule has 2 aliphatic carbocycles. The standard InChI is InChI=1S/C31H62N4O4/c1-24(11-25(2)33)12-36-20-31(21-37-17-26(3,4)16-32,23-39-19-28(6)14-30(8,35)15-28)22-38-18-27(5)9-10-29(7,34)13-27/h11,25H,9-10,12-23,32-35H2,1-8H3/b24-11-. The summed E-state index contributed by atoms with van der Waals surface area (Å²) >= 11 is 0. The van der Waals surface area contributed by atoms with Gasteiger partial charge < -0.3 is 41.9 Å². The maximum absolute atomic E-state index is 6.49. The molecule has 4 unspecified atom stereocenters. The quantitative estimate of drug-likeness (QED) is 0.188. The first-order valence-electron chi connectivity index (χ1n) is 14.8. The topological polar surface area (TPSA) is 141 Å². The molecule has 0 spiro atoms. The lowest BCUT2D eigenvalue weighted by atomic mass is 9.60. The fraction of sp³-hybridized carbons (Fsp3) is 0.935. The van der Waals surface area contributed by atoms with Gasteiger partial charge in [-0.05, 0) is 77.2 Å². The fourth-order valence-corrected chi connectivity index (χ4v) is 6.67. The number of hydrogen-bond donors (Lipinski definition) is 4. The minimum Gasteiger partial charge on any atom is -0.380 e. The van der Waals surface area contributed by atoms with Gasteiger partial charge in [-0.3, -0.25) is 0 Å². The van der Waals surface area contributed by atoms with Crippen molar-refractivity contribution in [3.8, 4) is 0 Å². The molecule has 0 saturated heterocycles. The first-order valence-corrected chi connectivity index (χ1v) is 14.8. The molecule has 2 fully saturated rings. The molecule has 0 aromatic carbocycles. The second-order valence-corrected chi connectivity index (χ2v) is 15.7. The van der Waals surface area contributed by atoms with Gasteiger partial charge in [-0.1, -0.05) is 39.3 Å². The van der Waals surface area contributed by atoms with Crippen LogP contribution in [0.5, 0.6) is 0 Å². The molecule has 230 valence electrons. The minimum atomic E-state index is -0.466. The third-order valence-corrected chi connectivity index (χ3v) is 8.25. The van der Waals surface area contributed by atoms with Crippen molar-refractivity contribution >= 4 is 0 Å². The molecular weight excluding hydrogens is 492 g/mol. The highest BCUT2D eigenvalue weighted by Crippen LogP contribution is 2.47. The van der Waals surface area contributed by atoms with E-state index in [0.717, 1.165) is 37.7 Å². The van der Waals surface area contributed by atoms with Crippen molar-refractivity contribution in [1.82, 2.24) is 0 Å². The molecular formula is C31H62N4O4. The zero-order chi connectivity index (χ0) is 29.6. The molecule has 8 heteroatoms. The summed E-state index contributed by atoms with van der Waals surface area (Å²) in [6.45, 7) is 21.8. The molecule has 0 bridgehead atoms. The SMILES string of the molecule is C/C(=C/C(C)N)COCC(COCC(C)(C)CN)(COCC1(C)CCC(C)(N)C1)COCC1(C)CC(C)(N)C1. The third kappa shape index (κ3) is 12.0. The van der Waals surface area contributed by atoms with Gasteiger partial charge in [0.25, 0.3) is 0 Å². The van der Waals surface area contributed by atoms with Gasteiger partial charge in [-0.25, -0.2) is 0 Å². The highest BCUT2D eigenvalue weighted by Gasteiger charge is 2.47. The van der Waals surface area contributed by atoms with Crippen LogP contribution in [0.2, 0.25) is 0 Å². The van der Waals surface area contributed by atoms with Crippen LogP contribution in [0.3, 0.4) is 0 Å². The number of ether oxygens (including phenoxy) is 4. The van der Waals surface area contributed by atoms with Crippen molar-refractivity contribution in [3.63, 3.8) is 0 Å². The second kappa shape index (κ2) is 13.6. The smallest absolute Gasteiger partial charge is 0.0674 e. The molecule has 0 aromatic rings. The van der Waals surface area contributed by atoms with E-state index in [0.29, 0.717) is 59.4 Å². The van der Waals surface area contributed by atoms with E-state index in [9.17, 15) is 0 Å². The zero-order valence-corrected chi connectivity index (χ0v) is 26.5. The Morgan fingerprint density at radius 3 is 1.79 bits per heavy atom. The van der Waals surface area contributed by atoms with Gasteiger partial charge in [-0.2, -0.15) is 0 Å². The average Bonchev–Trinajstić information content (AvgIpc) is 3.04. The van der Waals surface area contributed by atoms with Crippen molar-refractivity contribution < 1.29 is 18.9 Å². The molecule has 8 nitrogen and oxygen atoms in total. The molecule has 2 saturated carbocycles. The van der Waals surface area contributed by atoms with Crippen LogP contribution in [0.15, 0.2) is 11.6 Å². The van der Waals surface area contributed by atoms with Gasteiger partial charge in [0.1, 0.15) is 0 Å². The predicted octanol–water partition coefficient (Wildman–Crippen LogP) is 3.74. The van der Waals surface area contributed by atoms with E-state index in [1.54, 1.807) is 0 Å². The Kier molecular flexibility index (Phi) is 12.1. The van der Waals surface area contributed by atoms with Crippen LogP contribution in [0.25, 0.3) is 0 Å². The van der Waals surface area contributed by atoms with E-state index in [-0.39, 0.29) is 33.4 Å². The van der Waals surface area contributed by atoms with Crippen molar-refractivity contribution in [2.75, 3.05) is 59.4 Å².